The van der Waals surface area contributed by atoms with Crippen molar-refractivity contribution in [3.63, 3.8) is 0 Å². The van der Waals surface area contributed by atoms with E-state index in [0.717, 1.165) is 35.1 Å². The SMILES string of the molecule is COc1cc(/C=C2\CCC(C)C3=C(c4cc(OC)c(OC)c(OC)c4)C(C#N)=C(N)OC32)cc(OC)c1OC. The van der Waals surface area contributed by atoms with E-state index in [-0.39, 0.29) is 17.4 Å². The van der Waals surface area contributed by atoms with E-state index in [1.54, 1.807) is 42.7 Å². The number of nitrogens with two attached hydrogens (primary N) is 1. The number of rotatable bonds is 8. The molecule has 2 unspecified atom stereocenters. The summed E-state index contributed by atoms with van der Waals surface area (Å²) in [6.45, 7) is 2.14. The van der Waals surface area contributed by atoms with E-state index in [4.69, 9.17) is 38.9 Å². The molecule has 4 rings (SSSR count). The van der Waals surface area contributed by atoms with Gasteiger partial charge in [0.1, 0.15) is 17.7 Å². The Kier molecular flexibility index (Phi) is 8.15. The number of fused-ring (bicyclic) bond motifs is 1. The lowest BCUT2D eigenvalue weighted by Gasteiger charge is -2.38. The van der Waals surface area contributed by atoms with Gasteiger partial charge in [0.2, 0.25) is 17.4 Å². The van der Waals surface area contributed by atoms with Crippen molar-refractivity contribution in [1.29, 1.82) is 5.26 Å². The van der Waals surface area contributed by atoms with Crippen molar-refractivity contribution in [3.8, 4) is 40.6 Å². The Labute approximate surface area is 229 Å². The number of ether oxygens (including phenoxy) is 7. The van der Waals surface area contributed by atoms with Gasteiger partial charge in [-0.2, -0.15) is 5.26 Å². The number of hydrogen-bond acceptors (Lipinski definition) is 9. The number of benzene rings is 2. The summed E-state index contributed by atoms with van der Waals surface area (Å²) in [4.78, 5) is 0. The van der Waals surface area contributed by atoms with Gasteiger partial charge in [-0.3, -0.25) is 0 Å². The van der Waals surface area contributed by atoms with Gasteiger partial charge in [-0.05, 0) is 65.3 Å². The van der Waals surface area contributed by atoms with Crippen molar-refractivity contribution in [2.75, 3.05) is 42.7 Å². The molecule has 0 radical (unpaired) electrons. The van der Waals surface area contributed by atoms with E-state index in [9.17, 15) is 5.26 Å². The zero-order valence-electron chi connectivity index (χ0n) is 23.3. The third-order valence-corrected chi connectivity index (χ3v) is 7.15. The molecule has 1 aliphatic carbocycles. The highest BCUT2D eigenvalue weighted by Gasteiger charge is 2.39. The maximum atomic E-state index is 10.1. The lowest BCUT2D eigenvalue weighted by atomic mass is 9.73. The zero-order valence-corrected chi connectivity index (χ0v) is 23.3. The van der Waals surface area contributed by atoms with Crippen LogP contribution in [0.15, 0.2) is 46.9 Å². The molecule has 206 valence electrons. The number of hydrogen-bond donors (Lipinski definition) is 1. The molecule has 9 heteroatoms. The van der Waals surface area contributed by atoms with Crippen molar-refractivity contribution in [1.82, 2.24) is 0 Å². The Morgan fingerprint density at radius 2 is 1.36 bits per heavy atom. The van der Waals surface area contributed by atoms with Gasteiger partial charge in [-0.25, -0.2) is 0 Å². The highest BCUT2D eigenvalue weighted by atomic mass is 16.5. The van der Waals surface area contributed by atoms with Crippen LogP contribution in [0, 0.1) is 17.2 Å². The van der Waals surface area contributed by atoms with Gasteiger partial charge in [-0.1, -0.05) is 13.0 Å². The van der Waals surface area contributed by atoms with Crippen LogP contribution in [0.4, 0.5) is 0 Å². The monoisotopic (exact) mass is 534 g/mol. The third kappa shape index (κ3) is 4.90. The quantitative estimate of drug-likeness (QED) is 0.494. The standard InChI is InChI=1S/C30H34N2O7/c1-16-8-9-18(10-17-11-21(33-2)28(37-6)22(12-17)34-3)27-25(16)26(20(15-31)30(32)39-27)19-13-23(35-4)29(38-7)24(14-19)36-5/h10-14,16,27H,8-9,32H2,1-7H3/b18-10+. The molecule has 0 bridgehead atoms. The minimum Gasteiger partial charge on any atom is -0.493 e. The third-order valence-electron chi connectivity index (χ3n) is 7.15. The molecule has 0 aromatic heterocycles. The lowest BCUT2D eigenvalue weighted by molar-refractivity contribution is 0.143. The molecule has 2 N–H and O–H groups in total. The summed E-state index contributed by atoms with van der Waals surface area (Å²) in [6.07, 6.45) is 3.24. The number of nitrogens with zero attached hydrogens (tertiary/aromatic N) is 1. The second kappa shape index (κ2) is 11.5. The Hall–Kier alpha value is -4.45. The van der Waals surface area contributed by atoms with Gasteiger partial charge >= 0.3 is 0 Å². The van der Waals surface area contributed by atoms with Gasteiger partial charge in [0.15, 0.2) is 23.0 Å². The fourth-order valence-corrected chi connectivity index (χ4v) is 5.29. The predicted octanol–water partition coefficient (Wildman–Crippen LogP) is 5.10. The molecule has 0 saturated heterocycles. The molecule has 2 atom stereocenters. The average molecular weight is 535 g/mol. The predicted molar refractivity (Wildman–Crippen MR) is 147 cm³/mol. The first-order valence-electron chi connectivity index (χ1n) is 12.5. The van der Waals surface area contributed by atoms with E-state index in [0.29, 0.717) is 40.1 Å². The van der Waals surface area contributed by atoms with E-state index in [1.165, 1.54) is 0 Å². The molecule has 2 aliphatic rings. The van der Waals surface area contributed by atoms with Gasteiger partial charge in [0.25, 0.3) is 0 Å². The molecular formula is C30H34N2O7. The Balaban J connectivity index is 1.93. The molecule has 1 saturated carbocycles. The van der Waals surface area contributed by atoms with Crippen LogP contribution < -0.4 is 34.2 Å². The molecular weight excluding hydrogens is 500 g/mol. The largest absolute Gasteiger partial charge is 0.493 e. The van der Waals surface area contributed by atoms with Crippen LogP contribution in [-0.2, 0) is 4.74 Å². The highest BCUT2D eigenvalue weighted by molar-refractivity contribution is 5.89. The minimum atomic E-state index is -0.459. The second-order valence-corrected chi connectivity index (χ2v) is 9.21. The Bertz CT molecular complexity index is 1350. The van der Waals surface area contributed by atoms with Gasteiger partial charge in [0.05, 0.1) is 42.7 Å². The summed E-state index contributed by atoms with van der Waals surface area (Å²) in [5, 5.41) is 10.1. The summed E-state index contributed by atoms with van der Waals surface area (Å²) in [5.41, 5.74) is 11.0. The summed E-state index contributed by atoms with van der Waals surface area (Å²) >= 11 is 0. The summed E-state index contributed by atoms with van der Waals surface area (Å²) in [6, 6.07) is 9.70. The van der Waals surface area contributed by atoms with E-state index in [2.05, 4.69) is 19.1 Å². The maximum Gasteiger partial charge on any atom is 0.204 e. The van der Waals surface area contributed by atoms with E-state index in [1.807, 2.05) is 24.3 Å². The first-order valence-corrected chi connectivity index (χ1v) is 12.5. The first kappa shape index (κ1) is 27.6. The van der Waals surface area contributed by atoms with Crippen LogP contribution in [0.2, 0.25) is 0 Å². The molecule has 1 fully saturated rings. The van der Waals surface area contributed by atoms with Gasteiger partial charge < -0.3 is 38.9 Å². The number of methoxy groups -OCH3 is 6. The fourth-order valence-electron chi connectivity index (χ4n) is 5.29. The Morgan fingerprint density at radius 3 is 1.82 bits per heavy atom. The van der Waals surface area contributed by atoms with Crippen LogP contribution in [0.5, 0.6) is 34.5 Å². The summed E-state index contributed by atoms with van der Waals surface area (Å²) < 4.78 is 39.5. The van der Waals surface area contributed by atoms with E-state index >= 15 is 0 Å². The highest BCUT2D eigenvalue weighted by Crippen LogP contribution is 2.49. The molecule has 9 nitrogen and oxygen atoms in total. The van der Waals surface area contributed by atoms with Crippen LogP contribution >= 0.6 is 0 Å². The first-order chi connectivity index (χ1) is 18.8. The van der Waals surface area contributed by atoms with Crippen LogP contribution in [0.25, 0.3) is 11.6 Å². The van der Waals surface area contributed by atoms with Crippen molar-refractivity contribution >= 4 is 11.6 Å². The molecule has 39 heavy (non-hydrogen) atoms. The van der Waals surface area contributed by atoms with Crippen LogP contribution in [0.3, 0.4) is 0 Å². The molecule has 1 aliphatic heterocycles. The Morgan fingerprint density at radius 1 is 0.846 bits per heavy atom. The minimum absolute atomic E-state index is 0.0693. The number of nitriles is 1. The number of allylic oxidation sites excluding steroid dienone is 2. The summed E-state index contributed by atoms with van der Waals surface area (Å²) in [5.74, 6) is 3.25. The second-order valence-electron chi connectivity index (χ2n) is 9.21. The molecule has 0 spiro atoms. The lowest BCUT2D eigenvalue weighted by Crippen LogP contribution is -2.33. The average Bonchev–Trinajstić information content (AvgIpc) is 2.96. The van der Waals surface area contributed by atoms with Crippen molar-refractivity contribution < 1.29 is 33.2 Å². The molecule has 2 aromatic rings. The molecule has 1 heterocycles. The normalized spacial score (nSPS) is 19.6. The van der Waals surface area contributed by atoms with Crippen LogP contribution in [0.1, 0.15) is 30.9 Å². The van der Waals surface area contributed by atoms with Gasteiger partial charge in [-0.15, -0.1) is 0 Å². The fraction of sp³-hybridized carbons (Fsp3) is 0.367. The van der Waals surface area contributed by atoms with Crippen LogP contribution in [-0.4, -0.2) is 48.8 Å². The topological polar surface area (TPSA) is 114 Å². The maximum absolute atomic E-state index is 10.1. The smallest absolute Gasteiger partial charge is 0.204 e. The van der Waals surface area contributed by atoms with Crippen molar-refractivity contribution in [2.24, 2.45) is 11.7 Å². The zero-order chi connectivity index (χ0) is 28.3. The summed E-state index contributed by atoms with van der Waals surface area (Å²) in [7, 11) is 9.40. The molecule has 0 amide bonds. The van der Waals surface area contributed by atoms with E-state index < -0.39 is 6.10 Å². The van der Waals surface area contributed by atoms with Crippen molar-refractivity contribution in [2.45, 2.75) is 25.9 Å². The van der Waals surface area contributed by atoms with Gasteiger partial charge in [0, 0.05) is 5.57 Å². The van der Waals surface area contributed by atoms with Crippen molar-refractivity contribution in [3.05, 3.63) is 58.0 Å². The molecule has 2 aromatic carbocycles.